The van der Waals surface area contributed by atoms with E-state index in [-0.39, 0.29) is 5.91 Å². The molecule has 2 aromatic heterocycles. The molecule has 2 aromatic rings. The summed E-state index contributed by atoms with van der Waals surface area (Å²) in [5.74, 6) is -0.0855. The number of nitrogens with one attached hydrogen (secondary N) is 1. The van der Waals surface area contributed by atoms with Gasteiger partial charge in [0.1, 0.15) is 5.56 Å². The van der Waals surface area contributed by atoms with Crippen LogP contribution in [0.25, 0.3) is 5.65 Å². The van der Waals surface area contributed by atoms with Crippen molar-refractivity contribution in [1.82, 2.24) is 19.9 Å². The second-order valence-electron chi connectivity index (χ2n) is 5.46. The first-order valence-corrected chi connectivity index (χ1v) is 7.52. The van der Waals surface area contributed by atoms with Gasteiger partial charge in [0.25, 0.3) is 5.91 Å². The summed E-state index contributed by atoms with van der Waals surface area (Å²) in [6.45, 7) is 2.52. The third-order valence-corrected chi connectivity index (χ3v) is 3.91. The van der Waals surface area contributed by atoms with E-state index in [1.165, 1.54) is 31.3 Å². The lowest BCUT2D eigenvalue weighted by Gasteiger charge is -2.12. The van der Waals surface area contributed by atoms with E-state index in [0.29, 0.717) is 23.4 Å². The van der Waals surface area contributed by atoms with E-state index in [4.69, 9.17) is 0 Å². The molecule has 0 fully saturated rings. The Morgan fingerprint density at radius 2 is 2.33 bits per heavy atom. The molecule has 3 rings (SSSR count). The SMILES string of the molecule is Cc1nn2cccnc2c1C(=O)NCCC1=CCCCC1. The lowest BCUT2D eigenvalue weighted by atomic mass is 9.97. The van der Waals surface area contributed by atoms with Crippen LogP contribution in [-0.2, 0) is 0 Å². The summed E-state index contributed by atoms with van der Waals surface area (Å²) in [6.07, 6.45) is 11.7. The maximum absolute atomic E-state index is 12.4. The Labute approximate surface area is 124 Å². The van der Waals surface area contributed by atoms with E-state index in [1.54, 1.807) is 23.0 Å². The molecule has 5 nitrogen and oxygen atoms in total. The van der Waals surface area contributed by atoms with Gasteiger partial charge >= 0.3 is 0 Å². The molecule has 110 valence electrons. The first-order chi connectivity index (χ1) is 10.3. The quantitative estimate of drug-likeness (QED) is 0.878. The summed E-state index contributed by atoms with van der Waals surface area (Å²) >= 11 is 0. The van der Waals surface area contributed by atoms with Gasteiger partial charge in [-0.3, -0.25) is 4.79 Å². The van der Waals surface area contributed by atoms with Crippen molar-refractivity contribution in [2.45, 2.75) is 39.0 Å². The maximum Gasteiger partial charge on any atom is 0.257 e. The van der Waals surface area contributed by atoms with Gasteiger partial charge in [0.2, 0.25) is 0 Å². The molecule has 5 heteroatoms. The largest absolute Gasteiger partial charge is 0.352 e. The summed E-state index contributed by atoms with van der Waals surface area (Å²) in [7, 11) is 0. The van der Waals surface area contributed by atoms with Gasteiger partial charge in [0.05, 0.1) is 5.69 Å². The highest BCUT2D eigenvalue weighted by Crippen LogP contribution is 2.19. The van der Waals surface area contributed by atoms with Crippen LogP contribution in [0, 0.1) is 6.92 Å². The summed E-state index contributed by atoms with van der Waals surface area (Å²) in [6, 6.07) is 1.80. The van der Waals surface area contributed by atoms with Gasteiger partial charge in [-0.15, -0.1) is 0 Å². The zero-order valence-electron chi connectivity index (χ0n) is 12.3. The predicted octanol–water partition coefficient (Wildman–Crippen LogP) is 2.66. The molecule has 0 aromatic carbocycles. The van der Waals surface area contributed by atoms with Crippen molar-refractivity contribution >= 4 is 11.6 Å². The van der Waals surface area contributed by atoms with Gasteiger partial charge in [-0.1, -0.05) is 11.6 Å². The van der Waals surface area contributed by atoms with Crippen LogP contribution < -0.4 is 5.32 Å². The van der Waals surface area contributed by atoms with Gasteiger partial charge in [-0.2, -0.15) is 5.10 Å². The average molecular weight is 284 g/mol. The number of fused-ring (bicyclic) bond motifs is 1. The number of amides is 1. The summed E-state index contributed by atoms with van der Waals surface area (Å²) in [4.78, 5) is 16.6. The van der Waals surface area contributed by atoms with Crippen LogP contribution in [0.5, 0.6) is 0 Å². The van der Waals surface area contributed by atoms with Crippen LogP contribution in [0.3, 0.4) is 0 Å². The van der Waals surface area contributed by atoms with Crippen LogP contribution in [-0.4, -0.2) is 27.0 Å². The van der Waals surface area contributed by atoms with Gasteiger partial charge in [-0.05, 0) is 45.1 Å². The first-order valence-electron chi connectivity index (χ1n) is 7.52. The van der Waals surface area contributed by atoms with Crippen molar-refractivity contribution in [2.75, 3.05) is 6.54 Å². The topological polar surface area (TPSA) is 59.3 Å². The summed E-state index contributed by atoms with van der Waals surface area (Å²) in [5.41, 5.74) is 3.37. The van der Waals surface area contributed by atoms with E-state index in [0.717, 1.165) is 6.42 Å². The number of rotatable bonds is 4. The highest BCUT2D eigenvalue weighted by molar-refractivity contribution is 6.00. The molecule has 0 bridgehead atoms. The molecular weight excluding hydrogens is 264 g/mol. The number of nitrogens with zero attached hydrogens (tertiary/aromatic N) is 3. The van der Waals surface area contributed by atoms with Crippen molar-refractivity contribution < 1.29 is 4.79 Å². The first kappa shape index (κ1) is 13.8. The number of carbonyl (C=O) groups excluding carboxylic acids is 1. The minimum absolute atomic E-state index is 0.0855. The molecule has 0 aliphatic heterocycles. The maximum atomic E-state index is 12.4. The molecule has 0 saturated heterocycles. The van der Waals surface area contributed by atoms with E-state index >= 15 is 0 Å². The highest BCUT2D eigenvalue weighted by atomic mass is 16.1. The third kappa shape index (κ3) is 2.96. The molecule has 21 heavy (non-hydrogen) atoms. The molecule has 0 atom stereocenters. The predicted molar refractivity (Wildman–Crippen MR) is 81.2 cm³/mol. The molecule has 0 saturated carbocycles. The van der Waals surface area contributed by atoms with Gasteiger partial charge in [0, 0.05) is 18.9 Å². The lowest BCUT2D eigenvalue weighted by Crippen LogP contribution is -2.25. The number of hydrogen-bond donors (Lipinski definition) is 1. The fourth-order valence-corrected chi connectivity index (χ4v) is 2.82. The lowest BCUT2D eigenvalue weighted by molar-refractivity contribution is 0.0955. The van der Waals surface area contributed by atoms with Crippen LogP contribution >= 0.6 is 0 Å². The van der Waals surface area contributed by atoms with Gasteiger partial charge in [0.15, 0.2) is 5.65 Å². The smallest absolute Gasteiger partial charge is 0.257 e. The molecular formula is C16H20N4O. The average Bonchev–Trinajstić information content (AvgIpc) is 2.84. The Bertz CT molecular complexity index is 687. The van der Waals surface area contributed by atoms with Crippen LogP contribution in [0.15, 0.2) is 30.1 Å². The van der Waals surface area contributed by atoms with Crippen LogP contribution in [0.4, 0.5) is 0 Å². The van der Waals surface area contributed by atoms with Crippen LogP contribution in [0.2, 0.25) is 0 Å². The van der Waals surface area contributed by atoms with E-state index in [9.17, 15) is 4.79 Å². The molecule has 0 spiro atoms. The molecule has 0 radical (unpaired) electrons. The van der Waals surface area contributed by atoms with E-state index in [2.05, 4.69) is 21.5 Å². The summed E-state index contributed by atoms with van der Waals surface area (Å²) < 4.78 is 1.65. The number of carbonyl (C=O) groups is 1. The number of allylic oxidation sites excluding steroid dienone is 1. The zero-order valence-corrected chi connectivity index (χ0v) is 12.3. The molecule has 2 heterocycles. The van der Waals surface area contributed by atoms with Crippen molar-refractivity contribution in [2.24, 2.45) is 0 Å². The Morgan fingerprint density at radius 3 is 3.14 bits per heavy atom. The number of hydrogen-bond acceptors (Lipinski definition) is 3. The molecule has 1 aliphatic carbocycles. The Morgan fingerprint density at radius 1 is 1.43 bits per heavy atom. The van der Waals surface area contributed by atoms with E-state index in [1.807, 2.05) is 6.92 Å². The molecule has 0 unspecified atom stereocenters. The van der Waals surface area contributed by atoms with E-state index < -0.39 is 0 Å². The van der Waals surface area contributed by atoms with Crippen molar-refractivity contribution in [3.05, 3.63) is 41.4 Å². The monoisotopic (exact) mass is 284 g/mol. The highest BCUT2D eigenvalue weighted by Gasteiger charge is 2.17. The second-order valence-corrected chi connectivity index (χ2v) is 5.46. The number of aryl methyl sites for hydroxylation is 1. The normalized spacial score (nSPS) is 15.0. The molecule has 1 aliphatic rings. The fraction of sp³-hybridized carbons (Fsp3) is 0.438. The van der Waals surface area contributed by atoms with Crippen molar-refractivity contribution in [3.8, 4) is 0 Å². The Balaban J connectivity index is 1.67. The summed E-state index contributed by atoms with van der Waals surface area (Å²) in [5, 5.41) is 7.31. The minimum atomic E-state index is -0.0855. The van der Waals surface area contributed by atoms with Crippen molar-refractivity contribution in [1.29, 1.82) is 0 Å². The standard InChI is InChI=1S/C16H20N4O/c1-12-14(15-17-9-5-11-20(15)19-12)16(21)18-10-8-13-6-3-2-4-7-13/h5-6,9,11H,2-4,7-8,10H2,1H3,(H,18,21). The number of aromatic nitrogens is 3. The third-order valence-electron chi connectivity index (χ3n) is 3.91. The van der Waals surface area contributed by atoms with Crippen molar-refractivity contribution in [3.63, 3.8) is 0 Å². The molecule has 1 N–H and O–H groups in total. The van der Waals surface area contributed by atoms with Gasteiger partial charge < -0.3 is 5.32 Å². The minimum Gasteiger partial charge on any atom is -0.352 e. The molecule has 1 amide bonds. The van der Waals surface area contributed by atoms with Gasteiger partial charge in [-0.25, -0.2) is 9.50 Å². The Hall–Kier alpha value is -2.17. The zero-order chi connectivity index (χ0) is 14.7. The second kappa shape index (κ2) is 6.08. The Kier molecular flexibility index (Phi) is 3.99. The fourth-order valence-electron chi connectivity index (χ4n) is 2.82. The van der Waals surface area contributed by atoms with Crippen LogP contribution in [0.1, 0.15) is 48.2 Å².